The first-order valence-corrected chi connectivity index (χ1v) is 4.93. The van der Waals surface area contributed by atoms with Crippen molar-refractivity contribution in [2.75, 3.05) is 0 Å². The quantitative estimate of drug-likeness (QED) is 0.832. The third kappa shape index (κ3) is 2.23. The fourth-order valence-corrected chi connectivity index (χ4v) is 1.62. The topological polar surface area (TPSA) is 70.2 Å². The molecule has 2 N–H and O–H groups in total. The largest absolute Gasteiger partial charge is 0.477 e. The monoisotopic (exact) mass is 281 g/mol. The minimum Gasteiger partial charge on any atom is -0.477 e. The molecule has 0 saturated carbocycles. The first kappa shape index (κ1) is 11.8. The van der Waals surface area contributed by atoms with Crippen LogP contribution in [0.1, 0.15) is 27.9 Å². The van der Waals surface area contributed by atoms with Crippen molar-refractivity contribution in [3.05, 3.63) is 33.2 Å². The van der Waals surface area contributed by atoms with Crippen molar-refractivity contribution in [2.24, 2.45) is 0 Å². The summed E-state index contributed by atoms with van der Waals surface area (Å²) in [5.41, 5.74) is -2.60. The first-order valence-electron chi connectivity index (χ1n) is 3.81. The highest BCUT2D eigenvalue weighted by molar-refractivity contribution is 9.08. The van der Waals surface area contributed by atoms with Crippen molar-refractivity contribution in [1.29, 1.82) is 0 Å². The van der Waals surface area contributed by atoms with Crippen LogP contribution < -0.4 is 5.56 Å². The van der Waals surface area contributed by atoms with E-state index in [1.807, 2.05) is 0 Å². The van der Waals surface area contributed by atoms with Crippen molar-refractivity contribution < 1.29 is 18.7 Å². The van der Waals surface area contributed by atoms with E-state index in [1.54, 1.807) is 0 Å². The SMILES string of the molecule is O=C(O)c1c(C(F)F)c(CBr)c[nH]c1=O. The number of hydrogen-bond donors (Lipinski definition) is 2. The zero-order valence-corrected chi connectivity index (χ0v) is 8.85. The van der Waals surface area contributed by atoms with Gasteiger partial charge in [0.05, 0.1) is 0 Å². The van der Waals surface area contributed by atoms with Crippen LogP contribution in [0.25, 0.3) is 0 Å². The molecule has 0 aromatic carbocycles. The molecule has 1 heterocycles. The summed E-state index contributed by atoms with van der Waals surface area (Å²) in [6, 6.07) is 0. The van der Waals surface area contributed by atoms with E-state index in [9.17, 15) is 18.4 Å². The van der Waals surface area contributed by atoms with E-state index in [1.165, 1.54) is 0 Å². The molecule has 15 heavy (non-hydrogen) atoms. The lowest BCUT2D eigenvalue weighted by Gasteiger charge is -2.08. The Labute approximate surface area is 91.1 Å². The molecule has 0 spiro atoms. The predicted octanol–water partition coefficient (Wildman–Crippen LogP) is 1.91. The summed E-state index contributed by atoms with van der Waals surface area (Å²) in [7, 11) is 0. The van der Waals surface area contributed by atoms with Crippen molar-refractivity contribution in [3.63, 3.8) is 0 Å². The van der Waals surface area contributed by atoms with Gasteiger partial charge in [-0.1, -0.05) is 15.9 Å². The number of alkyl halides is 3. The number of carbonyl (C=O) groups is 1. The Morgan fingerprint density at radius 1 is 1.60 bits per heavy atom. The lowest BCUT2D eigenvalue weighted by atomic mass is 10.1. The first-order chi connectivity index (χ1) is 6.99. The molecule has 1 aromatic heterocycles. The second-order valence-corrected chi connectivity index (χ2v) is 3.23. The molecular formula is C8H6BrF2NO3. The van der Waals surface area contributed by atoms with E-state index >= 15 is 0 Å². The predicted molar refractivity (Wildman–Crippen MR) is 51.6 cm³/mol. The Morgan fingerprint density at radius 2 is 2.20 bits per heavy atom. The molecule has 0 bridgehead atoms. The van der Waals surface area contributed by atoms with Gasteiger partial charge in [0.2, 0.25) is 0 Å². The molecule has 7 heteroatoms. The Balaban J connectivity index is 3.58. The molecule has 1 rings (SSSR count). The Bertz CT molecular complexity index is 444. The van der Waals surface area contributed by atoms with Gasteiger partial charge in [-0.25, -0.2) is 13.6 Å². The van der Waals surface area contributed by atoms with Gasteiger partial charge < -0.3 is 10.1 Å². The molecular weight excluding hydrogens is 276 g/mol. The second-order valence-electron chi connectivity index (χ2n) is 2.67. The zero-order valence-electron chi connectivity index (χ0n) is 7.26. The highest BCUT2D eigenvalue weighted by atomic mass is 79.9. The maximum absolute atomic E-state index is 12.6. The molecule has 82 valence electrons. The second kappa shape index (κ2) is 4.52. The molecule has 4 nitrogen and oxygen atoms in total. The van der Waals surface area contributed by atoms with Crippen LogP contribution in [0.5, 0.6) is 0 Å². The third-order valence-corrected chi connectivity index (χ3v) is 2.40. The molecule has 0 amide bonds. The molecule has 0 atom stereocenters. The van der Waals surface area contributed by atoms with E-state index in [0.717, 1.165) is 6.20 Å². The molecule has 0 aliphatic rings. The van der Waals surface area contributed by atoms with Crippen molar-refractivity contribution >= 4 is 21.9 Å². The third-order valence-electron chi connectivity index (χ3n) is 1.80. The molecule has 1 aromatic rings. The van der Waals surface area contributed by atoms with Crippen molar-refractivity contribution in [2.45, 2.75) is 11.8 Å². The molecule has 0 aliphatic carbocycles. The summed E-state index contributed by atoms with van der Waals surface area (Å²) in [5.74, 6) is -1.66. The van der Waals surface area contributed by atoms with Gasteiger partial charge in [0.25, 0.3) is 12.0 Å². The lowest BCUT2D eigenvalue weighted by Crippen LogP contribution is -2.21. The fourth-order valence-electron chi connectivity index (χ4n) is 1.16. The number of aromatic carboxylic acids is 1. The number of halogens is 3. The minimum absolute atomic E-state index is 0.0454. The van der Waals surface area contributed by atoms with Gasteiger partial charge >= 0.3 is 5.97 Å². The number of nitrogens with one attached hydrogen (secondary N) is 1. The molecule has 0 radical (unpaired) electrons. The van der Waals surface area contributed by atoms with Crippen LogP contribution in [-0.4, -0.2) is 16.1 Å². The average molecular weight is 282 g/mol. The number of H-pyrrole nitrogens is 1. The van der Waals surface area contributed by atoms with Gasteiger partial charge in [-0.2, -0.15) is 0 Å². The van der Waals surface area contributed by atoms with Gasteiger partial charge in [0.15, 0.2) is 0 Å². The number of pyridine rings is 1. The summed E-state index contributed by atoms with van der Waals surface area (Å²) < 4.78 is 25.2. The van der Waals surface area contributed by atoms with E-state index in [-0.39, 0.29) is 10.9 Å². The average Bonchev–Trinajstić information content (AvgIpc) is 2.16. The van der Waals surface area contributed by atoms with Crippen LogP contribution >= 0.6 is 15.9 Å². The number of hydrogen-bond acceptors (Lipinski definition) is 2. The van der Waals surface area contributed by atoms with Crippen LogP contribution in [0.4, 0.5) is 8.78 Å². The van der Waals surface area contributed by atoms with Crippen molar-refractivity contribution in [3.8, 4) is 0 Å². The maximum Gasteiger partial charge on any atom is 0.341 e. The number of carboxylic acids is 1. The van der Waals surface area contributed by atoms with Crippen LogP contribution in [0.2, 0.25) is 0 Å². The van der Waals surface area contributed by atoms with Gasteiger partial charge in [0, 0.05) is 17.1 Å². The normalized spacial score (nSPS) is 10.7. The van der Waals surface area contributed by atoms with E-state index in [4.69, 9.17) is 5.11 Å². The Hall–Kier alpha value is -1.24. The number of carboxylic acid groups (broad SMARTS) is 1. The van der Waals surface area contributed by atoms with Crippen LogP contribution in [0, 0.1) is 0 Å². The standard InChI is InChI=1S/C8H6BrF2NO3/c9-1-3-2-12-7(13)5(8(14)15)4(3)6(10)11/h2,6H,1H2,(H,12,13)(H,14,15). The number of aromatic nitrogens is 1. The summed E-state index contributed by atoms with van der Waals surface area (Å²) in [5, 5.41) is 8.69. The van der Waals surface area contributed by atoms with E-state index in [0.29, 0.717) is 0 Å². The highest BCUT2D eigenvalue weighted by Gasteiger charge is 2.24. The van der Waals surface area contributed by atoms with Crippen LogP contribution in [0.15, 0.2) is 11.0 Å². The summed E-state index contributed by atoms with van der Waals surface area (Å²) in [6.45, 7) is 0. The van der Waals surface area contributed by atoms with Gasteiger partial charge in [-0.3, -0.25) is 4.79 Å². The van der Waals surface area contributed by atoms with Crippen molar-refractivity contribution in [1.82, 2.24) is 4.98 Å². The van der Waals surface area contributed by atoms with E-state index < -0.39 is 29.1 Å². The lowest BCUT2D eigenvalue weighted by molar-refractivity contribution is 0.0681. The van der Waals surface area contributed by atoms with Gasteiger partial charge in [-0.05, 0) is 5.56 Å². The molecule has 0 saturated heterocycles. The molecule has 0 aliphatic heterocycles. The van der Waals surface area contributed by atoms with E-state index in [2.05, 4.69) is 20.9 Å². The Morgan fingerprint density at radius 3 is 2.60 bits per heavy atom. The highest BCUT2D eigenvalue weighted by Crippen LogP contribution is 2.25. The summed E-state index contributed by atoms with van der Waals surface area (Å²) in [4.78, 5) is 23.8. The number of rotatable bonds is 3. The molecule has 0 unspecified atom stereocenters. The van der Waals surface area contributed by atoms with Crippen LogP contribution in [-0.2, 0) is 5.33 Å². The minimum atomic E-state index is -2.99. The Kier molecular flexibility index (Phi) is 3.57. The van der Waals surface area contributed by atoms with Gasteiger partial charge in [0.1, 0.15) is 5.56 Å². The summed E-state index contributed by atoms with van der Waals surface area (Å²) in [6.07, 6.45) is -1.92. The summed E-state index contributed by atoms with van der Waals surface area (Å²) >= 11 is 2.94. The zero-order chi connectivity index (χ0) is 11.6. The van der Waals surface area contributed by atoms with Gasteiger partial charge in [-0.15, -0.1) is 0 Å². The van der Waals surface area contributed by atoms with Crippen LogP contribution in [0.3, 0.4) is 0 Å². The fraction of sp³-hybridized carbons (Fsp3) is 0.250. The number of aromatic amines is 1. The smallest absolute Gasteiger partial charge is 0.341 e. The maximum atomic E-state index is 12.6. The molecule has 0 fully saturated rings.